The van der Waals surface area contributed by atoms with E-state index in [0.29, 0.717) is 5.92 Å². The summed E-state index contributed by atoms with van der Waals surface area (Å²) in [6, 6.07) is 17.1. The van der Waals surface area contributed by atoms with Crippen LogP contribution in [0.3, 0.4) is 0 Å². The lowest BCUT2D eigenvalue weighted by molar-refractivity contribution is 0.306. The normalized spacial score (nSPS) is 12.7. The fourth-order valence-electron chi connectivity index (χ4n) is 3.83. The molecule has 0 N–H and O–H groups in total. The summed E-state index contributed by atoms with van der Waals surface area (Å²) in [6.45, 7) is 4.67. The monoisotopic (exact) mass is 466 g/mol. The van der Waals surface area contributed by atoms with Crippen LogP contribution in [0.2, 0.25) is 0 Å². The smallest absolute Gasteiger partial charge is 0.119 e. The average Bonchev–Trinajstić information content (AvgIpc) is 2.70. The maximum atomic E-state index is 5.53. The van der Waals surface area contributed by atoms with Crippen molar-refractivity contribution >= 4 is 22.6 Å². The average molecular weight is 466 g/mol. The third-order valence-electron chi connectivity index (χ3n) is 5.52. The molecule has 0 aliphatic rings. The van der Waals surface area contributed by atoms with E-state index in [-0.39, 0.29) is 5.41 Å². The summed E-state index contributed by atoms with van der Waals surface area (Å²) in [5.74, 6) is 2.40. The van der Waals surface area contributed by atoms with Gasteiger partial charge in [-0.05, 0) is 58.6 Å². The Labute approximate surface area is 172 Å². The molecular weight excluding hydrogens is 435 g/mol. The maximum Gasteiger partial charge on any atom is 0.119 e. The Hall–Kier alpha value is -1.23. The van der Waals surface area contributed by atoms with Crippen LogP contribution in [0, 0.1) is 5.92 Å². The van der Waals surface area contributed by atoms with Crippen molar-refractivity contribution in [1.29, 1.82) is 0 Å². The zero-order valence-electron chi connectivity index (χ0n) is 16.4. The van der Waals surface area contributed by atoms with Crippen LogP contribution in [0.1, 0.15) is 50.7 Å². The van der Waals surface area contributed by atoms with Crippen molar-refractivity contribution in [3.05, 3.63) is 59.7 Å². The molecule has 2 rings (SSSR count). The van der Waals surface area contributed by atoms with Crippen LogP contribution in [0.15, 0.2) is 48.5 Å². The predicted molar refractivity (Wildman–Crippen MR) is 119 cm³/mol. The fourth-order valence-corrected chi connectivity index (χ4v) is 4.59. The van der Waals surface area contributed by atoms with E-state index in [1.807, 2.05) is 12.1 Å². The van der Waals surface area contributed by atoms with Gasteiger partial charge in [-0.25, -0.2) is 0 Å². The first-order valence-corrected chi connectivity index (χ1v) is 11.0. The molecule has 26 heavy (non-hydrogen) atoms. The summed E-state index contributed by atoms with van der Waals surface area (Å²) in [5, 5.41) is 0. The number of methoxy groups -OCH3 is 2. The van der Waals surface area contributed by atoms with Crippen molar-refractivity contribution in [2.45, 2.75) is 44.9 Å². The van der Waals surface area contributed by atoms with Gasteiger partial charge in [0, 0.05) is 5.41 Å². The molecule has 0 saturated carbocycles. The minimum Gasteiger partial charge on any atom is -0.497 e. The van der Waals surface area contributed by atoms with Gasteiger partial charge in [-0.15, -0.1) is 0 Å². The van der Waals surface area contributed by atoms with Gasteiger partial charge in [0.05, 0.1) is 14.2 Å². The Bertz CT molecular complexity index is 636. The number of ether oxygens (including phenoxy) is 2. The Morgan fingerprint density at radius 2 is 1.46 bits per heavy atom. The Kier molecular flexibility index (Phi) is 8.26. The topological polar surface area (TPSA) is 18.5 Å². The Morgan fingerprint density at radius 1 is 0.923 bits per heavy atom. The zero-order chi connectivity index (χ0) is 19.0. The molecule has 3 heteroatoms. The number of benzene rings is 2. The fraction of sp³-hybridized carbons (Fsp3) is 0.478. The molecule has 0 saturated heterocycles. The number of rotatable bonds is 10. The summed E-state index contributed by atoms with van der Waals surface area (Å²) in [7, 11) is 3.47. The first kappa shape index (κ1) is 21.1. The number of hydrogen-bond donors (Lipinski definition) is 0. The largest absolute Gasteiger partial charge is 0.497 e. The molecule has 0 spiro atoms. The maximum absolute atomic E-state index is 5.53. The van der Waals surface area contributed by atoms with Crippen LogP contribution in [0.4, 0.5) is 0 Å². The van der Waals surface area contributed by atoms with E-state index < -0.39 is 0 Å². The van der Waals surface area contributed by atoms with Crippen molar-refractivity contribution in [2.24, 2.45) is 5.92 Å². The number of halogens is 1. The summed E-state index contributed by atoms with van der Waals surface area (Å²) >= 11 is 2.51. The third kappa shape index (κ3) is 4.73. The highest BCUT2D eigenvalue weighted by Gasteiger charge is 2.37. The van der Waals surface area contributed by atoms with Crippen LogP contribution < -0.4 is 9.47 Å². The van der Waals surface area contributed by atoms with Crippen molar-refractivity contribution in [3.8, 4) is 11.5 Å². The van der Waals surface area contributed by atoms with Crippen LogP contribution >= 0.6 is 22.6 Å². The summed E-state index contributed by atoms with van der Waals surface area (Å²) in [4.78, 5) is 0. The molecule has 1 atom stereocenters. The third-order valence-corrected chi connectivity index (χ3v) is 6.14. The minimum atomic E-state index is -0.0799. The van der Waals surface area contributed by atoms with Crippen molar-refractivity contribution in [2.75, 3.05) is 18.6 Å². The lowest BCUT2D eigenvalue weighted by atomic mass is 9.64. The molecule has 2 nitrogen and oxygen atoms in total. The van der Waals surface area contributed by atoms with E-state index in [1.165, 1.54) is 36.8 Å². The summed E-state index contributed by atoms with van der Waals surface area (Å²) < 4.78 is 12.2. The molecule has 0 aliphatic carbocycles. The van der Waals surface area contributed by atoms with E-state index in [4.69, 9.17) is 9.47 Å². The second kappa shape index (κ2) is 10.2. The molecule has 1 unspecified atom stereocenters. The van der Waals surface area contributed by atoms with E-state index >= 15 is 0 Å². The molecule has 0 aromatic heterocycles. The number of hydrogen-bond acceptors (Lipinski definition) is 2. The lowest BCUT2D eigenvalue weighted by Crippen LogP contribution is -2.34. The van der Waals surface area contributed by atoms with Gasteiger partial charge < -0.3 is 9.47 Å². The zero-order valence-corrected chi connectivity index (χ0v) is 18.6. The summed E-state index contributed by atoms with van der Waals surface area (Å²) in [5.41, 5.74) is 2.55. The molecule has 0 aliphatic heterocycles. The molecule has 0 heterocycles. The van der Waals surface area contributed by atoms with Gasteiger partial charge in [-0.2, -0.15) is 0 Å². The first-order chi connectivity index (χ1) is 12.6. The van der Waals surface area contributed by atoms with Crippen LogP contribution in [0.5, 0.6) is 11.5 Å². The van der Waals surface area contributed by atoms with Gasteiger partial charge in [-0.3, -0.25) is 0 Å². The van der Waals surface area contributed by atoms with Gasteiger partial charge >= 0.3 is 0 Å². The van der Waals surface area contributed by atoms with Crippen molar-refractivity contribution in [1.82, 2.24) is 0 Å². The molecular formula is C23H31IO2. The first-order valence-electron chi connectivity index (χ1n) is 9.45. The van der Waals surface area contributed by atoms with Crippen LogP contribution in [-0.2, 0) is 5.41 Å². The van der Waals surface area contributed by atoms with Crippen LogP contribution in [0.25, 0.3) is 0 Å². The number of alkyl halides is 1. The van der Waals surface area contributed by atoms with Gasteiger partial charge in [0.25, 0.3) is 0 Å². The van der Waals surface area contributed by atoms with Gasteiger partial charge in [0.1, 0.15) is 11.5 Å². The molecule has 0 radical (unpaired) electrons. The van der Waals surface area contributed by atoms with E-state index in [9.17, 15) is 0 Å². The quantitative estimate of drug-likeness (QED) is 0.289. The van der Waals surface area contributed by atoms with E-state index in [1.54, 1.807) is 14.2 Å². The SMILES string of the molecule is CCCCC(CCI)C(C)(c1cccc(OC)c1)c1cccc(OC)c1. The standard InChI is InChI=1S/C23H31IO2/c1-5-6-9-18(14-15-24)23(2,19-10-7-12-21(16-19)25-3)20-11-8-13-22(17-20)26-4/h7-8,10-13,16-18H,5-6,9,14-15H2,1-4H3. The Morgan fingerprint density at radius 3 is 1.88 bits per heavy atom. The second-order valence-electron chi connectivity index (χ2n) is 6.98. The predicted octanol–water partition coefficient (Wildman–Crippen LogP) is 6.64. The molecule has 0 bridgehead atoms. The van der Waals surface area contributed by atoms with Crippen molar-refractivity contribution in [3.63, 3.8) is 0 Å². The van der Waals surface area contributed by atoms with E-state index in [0.717, 1.165) is 15.9 Å². The van der Waals surface area contributed by atoms with Gasteiger partial charge in [0.15, 0.2) is 0 Å². The van der Waals surface area contributed by atoms with E-state index in [2.05, 4.69) is 72.8 Å². The highest BCUT2D eigenvalue weighted by atomic mass is 127. The lowest BCUT2D eigenvalue weighted by Gasteiger charge is -2.39. The minimum absolute atomic E-state index is 0.0799. The highest BCUT2D eigenvalue weighted by molar-refractivity contribution is 14.1. The molecule has 2 aromatic rings. The molecule has 2 aromatic carbocycles. The Balaban J connectivity index is 2.61. The van der Waals surface area contributed by atoms with Crippen molar-refractivity contribution < 1.29 is 9.47 Å². The second-order valence-corrected chi connectivity index (χ2v) is 8.06. The van der Waals surface area contributed by atoms with Crippen LogP contribution in [-0.4, -0.2) is 18.6 Å². The molecule has 142 valence electrons. The van der Waals surface area contributed by atoms with Gasteiger partial charge in [-0.1, -0.05) is 73.5 Å². The van der Waals surface area contributed by atoms with Gasteiger partial charge in [0.2, 0.25) is 0 Å². The molecule has 0 amide bonds. The highest BCUT2D eigenvalue weighted by Crippen LogP contribution is 2.45. The molecule has 0 fully saturated rings. The summed E-state index contributed by atoms with van der Waals surface area (Å²) in [6.07, 6.45) is 4.91. The number of unbranched alkanes of at least 4 members (excludes halogenated alkanes) is 1.